The number of piperidine rings is 1. The predicted molar refractivity (Wildman–Crippen MR) is 101 cm³/mol. The van der Waals surface area contributed by atoms with Crippen LogP contribution in [0.1, 0.15) is 18.4 Å². The number of hydrogen-bond donors (Lipinski definition) is 2. The number of Topliss-reactive ketones (excluding diaryl/α,β-unsaturated/α-hetero) is 1. The summed E-state index contributed by atoms with van der Waals surface area (Å²) in [6.07, 6.45) is -2.32. The van der Waals surface area contributed by atoms with Crippen LogP contribution in [0.5, 0.6) is 0 Å². The molecule has 0 atom stereocenters. The van der Waals surface area contributed by atoms with E-state index in [2.05, 4.69) is 20.3 Å². The molecule has 150 valence electrons. The molecule has 0 amide bonds. The minimum Gasteiger partial charge on any atom is -0.340 e. The Balaban J connectivity index is 1.78. The quantitative estimate of drug-likeness (QED) is 0.698. The van der Waals surface area contributed by atoms with E-state index in [1.54, 1.807) is 6.07 Å². The topological polar surface area (TPSA) is 91.0 Å². The predicted octanol–water partition coefficient (Wildman–Crippen LogP) is 3.25. The molecule has 10 heteroatoms. The number of pyridine rings is 1. The van der Waals surface area contributed by atoms with Crippen molar-refractivity contribution in [1.29, 1.82) is 0 Å². The number of anilines is 3. The van der Waals surface area contributed by atoms with Gasteiger partial charge in [0.05, 0.1) is 11.1 Å². The Morgan fingerprint density at radius 3 is 2.55 bits per heavy atom. The molecule has 0 radical (unpaired) electrons. The maximum absolute atomic E-state index is 13.0. The molecule has 1 aromatic carbocycles. The number of rotatable bonds is 3. The molecule has 0 unspecified atom stereocenters. The van der Waals surface area contributed by atoms with Crippen molar-refractivity contribution in [3.05, 3.63) is 52.4 Å². The molecule has 1 fully saturated rings. The molecule has 0 spiro atoms. The highest BCUT2D eigenvalue weighted by Crippen LogP contribution is 2.32. The van der Waals surface area contributed by atoms with Crippen LogP contribution in [0.25, 0.3) is 10.9 Å². The number of aromatic nitrogens is 3. The van der Waals surface area contributed by atoms with Crippen LogP contribution in [-0.2, 0) is 11.0 Å². The van der Waals surface area contributed by atoms with Crippen LogP contribution in [0.2, 0.25) is 0 Å². The first-order valence-electron chi connectivity index (χ1n) is 8.91. The second-order valence-corrected chi connectivity index (χ2v) is 6.67. The Morgan fingerprint density at radius 1 is 1.07 bits per heavy atom. The van der Waals surface area contributed by atoms with Crippen molar-refractivity contribution in [1.82, 2.24) is 15.0 Å². The van der Waals surface area contributed by atoms with Gasteiger partial charge < -0.3 is 15.2 Å². The van der Waals surface area contributed by atoms with Crippen LogP contribution < -0.4 is 15.8 Å². The molecular formula is C19H16F3N5O2. The fourth-order valence-corrected chi connectivity index (χ4v) is 3.18. The van der Waals surface area contributed by atoms with Crippen LogP contribution in [0.4, 0.5) is 30.6 Å². The van der Waals surface area contributed by atoms with Gasteiger partial charge in [0.2, 0.25) is 5.95 Å². The summed E-state index contributed by atoms with van der Waals surface area (Å²) >= 11 is 0. The lowest BCUT2D eigenvalue weighted by Crippen LogP contribution is -2.35. The largest absolute Gasteiger partial charge is 0.416 e. The summed E-state index contributed by atoms with van der Waals surface area (Å²) in [5, 5.41) is 2.96. The van der Waals surface area contributed by atoms with Crippen molar-refractivity contribution in [3.8, 4) is 0 Å². The van der Waals surface area contributed by atoms with E-state index < -0.39 is 17.3 Å². The first kappa shape index (κ1) is 18.9. The minimum absolute atomic E-state index is 0.100. The van der Waals surface area contributed by atoms with E-state index in [1.807, 2.05) is 4.90 Å². The highest BCUT2D eigenvalue weighted by Gasteiger charge is 2.30. The summed E-state index contributed by atoms with van der Waals surface area (Å²) < 4.78 is 39.1. The number of benzene rings is 1. The number of carbonyl (C=O) groups excluding carboxylic acids is 1. The molecule has 2 aromatic heterocycles. The number of hydrogen-bond acceptors (Lipinski definition) is 6. The van der Waals surface area contributed by atoms with E-state index in [1.165, 1.54) is 18.3 Å². The first-order valence-corrected chi connectivity index (χ1v) is 8.91. The van der Waals surface area contributed by atoms with Gasteiger partial charge in [0.25, 0.3) is 5.56 Å². The van der Waals surface area contributed by atoms with E-state index in [0.717, 1.165) is 12.1 Å². The van der Waals surface area contributed by atoms with Gasteiger partial charge in [-0.3, -0.25) is 9.59 Å². The van der Waals surface area contributed by atoms with Crippen molar-refractivity contribution in [2.75, 3.05) is 23.3 Å². The van der Waals surface area contributed by atoms with E-state index in [-0.39, 0.29) is 22.7 Å². The van der Waals surface area contributed by atoms with Gasteiger partial charge in [-0.25, -0.2) is 4.98 Å². The van der Waals surface area contributed by atoms with E-state index >= 15 is 0 Å². The smallest absolute Gasteiger partial charge is 0.340 e. The number of nitrogens with zero attached hydrogens (tertiary/aromatic N) is 3. The summed E-state index contributed by atoms with van der Waals surface area (Å²) in [6.45, 7) is 0.882. The molecule has 7 nitrogen and oxygen atoms in total. The Hall–Kier alpha value is -3.43. The third kappa shape index (κ3) is 3.91. The number of ketones is 1. The molecule has 1 aliphatic heterocycles. The number of alkyl halides is 3. The maximum Gasteiger partial charge on any atom is 0.416 e. The van der Waals surface area contributed by atoms with Crippen LogP contribution in [0.3, 0.4) is 0 Å². The van der Waals surface area contributed by atoms with Crippen LogP contribution in [0.15, 0.2) is 41.3 Å². The highest BCUT2D eigenvalue weighted by molar-refractivity contribution is 5.91. The number of halogens is 3. The van der Waals surface area contributed by atoms with Crippen molar-refractivity contribution in [2.45, 2.75) is 19.0 Å². The van der Waals surface area contributed by atoms with Crippen molar-refractivity contribution in [2.24, 2.45) is 0 Å². The second-order valence-electron chi connectivity index (χ2n) is 6.67. The average molecular weight is 403 g/mol. The van der Waals surface area contributed by atoms with Gasteiger partial charge >= 0.3 is 6.18 Å². The van der Waals surface area contributed by atoms with Gasteiger partial charge in [-0.15, -0.1) is 0 Å². The molecule has 2 N–H and O–H groups in total. The van der Waals surface area contributed by atoms with Gasteiger partial charge in [0.1, 0.15) is 17.0 Å². The molecule has 0 aliphatic carbocycles. The fourth-order valence-electron chi connectivity index (χ4n) is 3.18. The molecule has 3 heterocycles. The summed E-state index contributed by atoms with van der Waals surface area (Å²) in [5.74, 6) is 0.564. The zero-order chi connectivity index (χ0) is 20.6. The number of carbonyl (C=O) groups is 1. The molecular weight excluding hydrogens is 387 g/mol. The SMILES string of the molecule is O=C1CCN(c2nc(Nc3cccc(C(F)(F)F)c3)c3c(=O)[nH]ccc3n2)CC1. The van der Waals surface area contributed by atoms with Crippen LogP contribution in [-0.4, -0.2) is 33.8 Å². The van der Waals surface area contributed by atoms with E-state index in [9.17, 15) is 22.8 Å². The Labute approximate surface area is 162 Å². The highest BCUT2D eigenvalue weighted by atomic mass is 19.4. The third-order valence-electron chi connectivity index (χ3n) is 4.66. The summed E-state index contributed by atoms with van der Waals surface area (Å²) in [7, 11) is 0. The van der Waals surface area contributed by atoms with E-state index in [4.69, 9.17) is 0 Å². The van der Waals surface area contributed by atoms with Crippen molar-refractivity contribution in [3.63, 3.8) is 0 Å². The molecule has 0 saturated carbocycles. The Bertz CT molecular complexity index is 1130. The molecule has 0 bridgehead atoms. The molecule has 3 aromatic rings. The Kier molecular flexibility index (Phi) is 4.69. The standard InChI is InChI=1S/C19H16F3N5O2/c20-19(21,22)11-2-1-3-12(10-11)24-16-15-14(4-7-23-17(15)29)25-18(26-16)27-8-5-13(28)6-9-27/h1-4,7,10H,5-6,8-9H2,(H,23,29)(H,24,25,26). The number of nitrogens with one attached hydrogen (secondary N) is 2. The van der Waals surface area contributed by atoms with Gasteiger partial charge in [-0.05, 0) is 24.3 Å². The summed E-state index contributed by atoms with van der Waals surface area (Å²) in [5.41, 5.74) is -0.783. The summed E-state index contributed by atoms with van der Waals surface area (Å²) in [4.78, 5) is 37.0. The number of aromatic amines is 1. The van der Waals surface area contributed by atoms with Gasteiger partial charge in [0.15, 0.2) is 0 Å². The summed E-state index contributed by atoms with van der Waals surface area (Å²) in [6, 6.07) is 6.24. The first-order chi connectivity index (χ1) is 13.8. The van der Waals surface area contributed by atoms with Gasteiger partial charge in [0, 0.05) is 37.8 Å². The third-order valence-corrected chi connectivity index (χ3v) is 4.66. The van der Waals surface area contributed by atoms with Crippen molar-refractivity contribution >= 4 is 34.1 Å². The van der Waals surface area contributed by atoms with Gasteiger partial charge in [-0.2, -0.15) is 18.2 Å². The lowest BCUT2D eigenvalue weighted by atomic mass is 10.1. The normalized spacial score (nSPS) is 15.0. The van der Waals surface area contributed by atoms with E-state index in [0.29, 0.717) is 37.4 Å². The maximum atomic E-state index is 13.0. The number of H-pyrrole nitrogens is 1. The van der Waals surface area contributed by atoms with Crippen molar-refractivity contribution < 1.29 is 18.0 Å². The zero-order valence-electron chi connectivity index (χ0n) is 15.1. The molecule has 1 aliphatic rings. The van der Waals surface area contributed by atoms with Crippen LogP contribution >= 0.6 is 0 Å². The Morgan fingerprint density at radius 2 is 1.83 bits per heavy atom. The average Bonchev–Trinajstić information content (AvgIpc) is 2.68. The van der Waals surface area contributed by atoms with Gasteiger partial charge in [-0.1, -0.05) is 6.07 Å². The number of fused-ring (bicyclic) bond motifs is 1. The molecule has 1 saturated heterocycles. The minimum atomic E-state index is -4.49. The monoisotopic (exact) mass is 403 g/mol. The fraction of sp³-hybridized carbons (Fsp3) is 0.263. The zero-order valence-corrected chi connectivity index (χ0v) is 15.1. The van der Waals surface area contributed by atoms with Crippen LogP contribution in [0, 0.1) is 0 Å². The lowest BCUT2D eigenvalue weighted by molar-refractivity contribution is -0.137. The second kappa shape index (κ2) is 7.19. The molecule has 4 rings (SSSR count). The lowest BCUT2D eigenvalue weighted by Gasteiger charge is -2.26. The molecule has 29 heavy (non-hydrogen) atoms.